The van der Waals surface area contributed by atoms with E-state index in [-0.39, 0.29) is 22.4 Å². The summed E-state index contributed by atoms with van der Waals surface area (Å²) >= 11 is 6.25. The zero-order valence-corrected chi connectivity index (χ0v) is 20.7. The summed E-state index contributed by atoms with van der Waals surface area (Å²) in [5.41, 5.74) is 2.75. The number of nitrogens with zero attached hydrogens (tertiary/aromatic N) is 2. The molecule has 0 saturated carbocycles. The standard InChI is InChI=1S/C20H24ClN7O4S2/c1-3-24-34(31,32)25-11-14-7-8-18(13(2)9-14)27-19-17(21)12-23-20(28-19)26-15-5-4-6-16(10-15)33(22,29)30/h4-10,12,24-25H,3,11H2,1-2H3,(H2,22,29,30)(H2,23,26,27,28). The largest absolute Gasteiger partial charge is 0.339 e. The SMILES string of the molecule is CCNS(=O)(=O)NCc1ccc(Nc2nc(Nc3cccc(S(N)(=O)=O)c3)ncc2Cl)c(C)c1. The average molecular weight is 526 g/mol. The molecule has 14 heteroatoms. The maximum atomic E-state index is 11.8. The third kappa shape index (κ3) is 7.09. The van der Waals surface area contributed by atoms with E-state index in [1.807, 2.05) is 13.0 Å². The Labute approximate surface area is 203 Å². The molecule has 3 aromatic rings. The van der Waals surface area contributed by atoms with Gasteiger partial charge in [-0.25, -0.2) is 23.3 Å². The van der Waals surface area contributed by atoms with E-state index in [0.717, 1.165) is 11.1 Å². The van der Waals surface area contributed by atoms with Crippen LogP contribution in [0.25, 0.3) is 0 Å². The van der Waals surface area contributed by atoms with Crippen molar-refractivity contribution in [2.24, 2.45) is 5.14 Å². The predicted molar refractivity (Wildman–Crippen MR) is 132 cm³/mol. The van der Waals surface area contributed by atoms with Crippen LogP contribution in [0.4, 0.5) is 23.1 Å². The van der Waals surface area contributed by atoms with Gasteiger partial charge in [-0.15, -0.1) is 0 Å². The molecule has 3 rings (SSSR count). The predicted octanol–water partition coefficient (Wildman–Crippen LogP) is 2.52. The van der Waals surface area contributed by atoms with Crippen molar-refractivity contribution >= 4 is 55.0 Å². The maximum Gasteiger partial charge on any atom is 0.277 e. The Morgan fingerprint density at radius 2 is 1.79 bits per heavy atom. The monoisotopic (exact) mass is 525 g/mol. The van der Waals surface area contributed by atoms with Gasteiger partial charge in [-0.1, -0.05) is 36.7 Å². The Kier molecular flexibility index (Phi) is 8.07. The number of hydrogen-bond acceptors (Lipinski definition) is 8. The van der Waals surface area contributed by atoms with Gasteiger partial charge in [0.1, 0.15) is 5.02 Å². The Balaban J connectivity index is 1.76. The average Bonchev–Trinajstić information content (AvgIpc) is 2.76. The number of sulfonamides is 1. The lowest BCUT2D eigenvalue weighted by molar-refractivity contribution is 0.568. The molecule has 0 saturated heterocycles. The normalized spacial score (nSPS) is 11.9. The van der Waals surface area contributed by atoms with Crippen LogP contribution in [-0.4, -0.2) is 33.3 Å². The fourth-order valence-corrected chi connectivity index (χ4v) is 4.45. The summed E-state index contributed by atoms with van der Waals surface area (Å²) in [5, 5.41) is 11.5. The lowest BCUT2D eigenvalue weighted by atomic mass is 10.1. The molecule has 0 spiro atoms. The van der Waals surface area contributed by atoms with Gasteiger partial charge < -0.3 is 10.6 Å². The first-order valence-electron chi connectivity index (χ1n) is 10.00. The number of rotatable bonds is 10. The third-order valence-corrected chi connectivity index (χ3v) is 6.89. The molecule has 0 bridgehead atoms. The molecule has 0 amide bonds. The first-order valence-corrected chi connectivity index (χ1v) is 13.4. The van der Waals surface area contributed by atoms with Gasteiger partial charge in [-0.05, 0) is 42.3 Å². The van der Waals surface area contributed by atoms with Gasteiger partial charge in [0.25, 0.3) is 10.2 Å². The molecule has 11 nitrogen and oxygen atoms in total. The summed E-state index contributed by atoms with van der Waals surface area (Å²) in [6.45, 7) is 3.99. The minimum atomic E-state index is -3.85. The van der Waals surface area contributed by atoms with Crippen LogP contribution in [0, 0.1) is 6.92 Å². The van der Waals surface area contributed by atoms with Crippen molar-refractivity contribution in [3.05, 3.63) is 64.8 Å². The summed E-state index contributed by atoms with van der Waals surface area (Å²) in [4.78, 5) is 8.43. The van der Waals surface area contributed by atoms with Crippen molar-refractivity contribution in [3.63, 3.8) is 0 Å². The molecule has 2 aromatic carbocycles. The topological polar surface area (TPSA) is 168 Å². The van der Waals surface area contributed by atoms with E-state index in [1.165, 1.54) is 18.3 Å². The molecule has 0 radical (unpaired) electrons. The highest BCUT2D eigenvalue weighted by molar-refractivity contribution is 7.89. The third-order valence-electron chi connectivity index (χ3n) is 4.51. The lowest BCUT2D eigenvalue weighted by Crippen LogP contribution is -2.35. The number of nitrogens with two attached hydrogens (primary N) is 1. The lowest BCUT2D eigenvalue weighted by Gasteiger charge is -2.13. The second-order valence-corrected chi connectivity index (χ2v) is 10.7. The molecule has 0 aliphatic heterocycles. The molecule has 0 atom stereocenters. The summed E-state index contributed by atoms with van der Waals surface area (Å²) in [7, 11) is -7.40. The van der Waals surface area contributed by atoms with Crippen LogP contribution in [-0.2, 0) is 26.8 Å². The van der Waals surface area contributed by atoms with Crippen molar-refractivity contribution in [3.8, 4) is 0 Å². The van der Waals surface area contributed by atoms with Crippen LogP contribution >= 0.6 is 11.6 Å². The number of hydrogen-bond donors (Lipinski definition) is 5. The first-order chi connectivity index (χ1) is 16.0. The van der Waals surface area contributed by atoms with Crippen LogP contribution in [0.5, 0.6) is 0 Å². The van der Waals surface area contributed by atoms with Crippen molar-refractivity contribution < 1.29 is 16.8 Å². The molecular weight excluding hydrogens is 502 g/mol. The molecular formula is C20H24ClN7O4S2. The Morgan fingerprint density at radius 3 is 2.47 bits per heavy atom. The molecule has 0 aliphatic rings. The van der Waals surface area contributed by atoms with Crippen molar-refractivity contribution in [2.45, 2.75) is 25.3 Å². The quantitative estimate of drug-likeness (QED) is 0.269. The molecule has 34 heavy (non-hydrogen) atoms. The van der Waals surface area contributed by atoms with Crippen LogP contribution in [0.15, 0.2) is 53.6 Å². The van der Waals surface area contributed by atoms with E-state index in [2.05, 4.69) is 30.0 Å². The van der Waals surface area contributed by atoms with E-state index >= 15 is 0 Å². The van der Waals surface area contributed by atoms with Crippen LogP contribution in [0.2, 0.25) is 5.02 Å². The van der Waals surface area contributed by atoms with Gasteiger partial charge >= 0.3 is 0 Å². The van der Waals surface area contributed by atoms with Crippen LogP contribution in [0.1, 0.15) is 18.1 Å². The molecule has 0 fully saturated rings. The number of aromatic nitrogens is 2. The van der Waals surface area contributed by atoms with E-state index in [0.29, 0.717) is 23.7 Å². The Morgan fingerprint density at radius 1 is 1.03 bits per heavy atom. The molecule has 1 heterocycles. The molecule has 0 unspecified atom stereocenters. The smallest absolute Gasteiger partial charge is 0.277 e. The van der Waals surface area contributed by atoms with Gasteiger partial charge in [-0.3, -0.25) is 0 Å². The number of halogens is 1. The molecule has 0 aliphatic carbocycles. The summed E-state index contributed by atoms with van der Waals surface area (Å²) < 4.78 is 51.5. The van der Waals surface area contributed by atoms with Crippen molar-refractivity contribution in [1.82, 2.24) is 19.4 Å². The van der Waals surface area contributed by atoms with E-state index < -0.39 is 20.2 Å². The van der Waals surface area contributed by atoms with E-state index in [9.17, 15) is 16.8 Å². The fourth-order valence-electron chi connectivity index (χ4n) is 2.92. The number of aryl methyl sites for hydroxylation is 1. The Bertz CT molecular complexity index is 1400. The number of primary sulfonamides is 1. The minimum Gasteiger partial charge on any atom is -0.339 e. The summed E-state index contributed by atoms with van der Waals surface area (Å²) in [6, 6.07) is 11.3. The zero-order chi connectivity index (χ0) is 24.9. The molecule has 1 aromatic heterocycles. The summed E-state index contributed by atoms with van der Waals surface area (Å²) in [6.07, 6.45) is 1.40. The Hall–Kier alpha value is -2.81. The highest BCUT2D eigenvalue weighted by atomic mass is 35.5. The van der Waals surface area contributed by atoms with E-state index in [4.69, 9.17) is 16.7 Å². The number of benzene rings is 2. The highest BCUT2D eigenvalue weighted by Gasteiger charge is 2.12. The fraction of sp³-hybridized carbons (Fsp3) is 0.200. The van der Waals surface area contributed by atoms with Gasteiger partial charge in [0, 0.05) is 24.5 Å². The number of nitrogens with one attached hydrogen (secondary N) is 4. The van der Waals surface area contributed by atoms with E-state index in [1.54, 1.807) is 31.2 Å². The minimum absolute atomic E-state index is 0.0479. The van der Waals surface area contributed by atoms with Crippen LogP contribution < -0.4 is 25.2 Å². The maximum absolute atomic E-state index is 11.8. The van der Waals surface area contributed by atoms with Gasteiger partial charge in [0.15, 0.2) is 5.82 Å². The highest BCUT2D eigenvalue weighted by Crippen LogP contribution is 2.27. The van der Waals surface area contributed by atoms with Gasteiger partial charge in [-0.2, -0.15) is 18.1 Å². The molecule has 6 N–H and O–H groups in total. The second kappa shape index (κ2) is 10.6. The van der Waals surface area contributed by atoms with Crippen molar-refractivity contribution in [2.75, 3.05) is 17.2 Å². The summed E-state index contributed by atoms with van der Waals surface area (Å²) in [5.74, 6) is 0.510. The van der Waals surface area contributed by atoms with Gasteiger partial charge in [0.05, 0.1) is 11.1 Å². The van der Waals surface area contributed by atoms with Gasteiger partial charge in [0.2, 0.25) is 16.0 Å². The second-order valence-electron chi connectivity index (χ2n) is 7.18. The molecule has 182 valence electrons. The van der Waals surface area contributed by atoms with Crippen molar-refractivity contribution in [1.29, 1.82) is 0 Å². The van der Waals surface area contributed by atoms with Crippen LogP contribution in [0.3, 0.4) is 0 Å². The first kappa shape index (κ1) is 25.8. The number of anilines is 4. The zero-order valence-electron chi connectivity index (χ0n) is 18.3.